The molecule has 0 spiro atoms. The van der Waals surface area contributed by atoms with Crippen LogP contribution in [0.4, 0.5) is 0 Å². The minimum Gasteiger partial charge on any atom is -0.230 e. The number of hydrogen-bond donors (Lipinski definition) is 1. The van der Waals surface area contributed by atoms with Crippen LogP contribution in [0.15, 0.2) is 0 Å². The van der Waals surface area contributed by atoms with Gasteiger partial charge in [0.05, 0.1) is 0 Å². The molecular weight excluding hydrogens is 120 g/mol. The molecule has 8 heavy (non-hydrogen) atoms. The fourth-order valence-corrected chi connectivity index (χ4v) is 0.901. The highest BCUT2D eigenvalue weighted by Crippen LogP contribution is 2.22. The van der Waals surface area contributed by atoms with E-state index in [0.29, 0.717) is 0 Å². The lowest BCUT2D eigenvalue weighted by Crippen LogP contribution is -2.14. The van der Waals surface area contributed by atoms with Crippen molar-refractivity contribution in [2.24, 2.45) is 0 Å². The number of nitrogens with zero attached hydrogens (tertiary/aromatic N) is 1. The molecule has 0 atom stereocenters. The summed E-state index contributed by atoms with van der Waals surface area (Å²) in [5.74, 6) is 0. The first-order valence-electron chi connectivity index (χ1n) is 2.61. The first-order valence-corrected chi connectivity index (χ1v) is 3.42. The van der Waals surface area contributed by atoms with Gasteiger partial charge in [0.25, 0.3) is 0 Å². The topological polar surface area (TPSA) is 28.7 Å². The lowest BCUT2D eigenvalue weighted by atomic mass is 9.98. The largest absolute Gasteiger partial charge is 0.230 e. The van der Waals surface area contributed by atoms with Crippen molar-refractivity contribution in [3.63, 3.8) is 0 Å². The molecule has 1 heterocycles. The monoisotopic (exact) mass is 130 g/mol. The van der Waals surface area contributed by atoms with E-state index in [-0.39, 0.29) is 5.41 Å². The summed E-state index contributed by atoms with van der Waals surface area (Å²) in [6.07, 6.45) is 0. The molecule has 1 aromatic rings. The summed E-state index contributed by atoms with van der Waals surface area (Å²) in [4.78, 5) is 0. The van der Waals surface area contributed by atoms with E-state index in [1.54, 1.807) is 11.5 Å². The molecule has 0 aliphatic heterocycles. The Morgan fingerprint density at radius 1 is 1.50 bits per heavy atom. The quantitative estimate of drug-likeness (QED) is 0.569. The molecule has 0 bridgehead atoms. The van der Waals surface area contributed by atoms with Crippen LogP contribution in [0.5, 0.6) is 0 Å². The van der Waals surface area contributed by atoms with Crippen molar-refractivity contribution in [3.8, 4) is 0 Å². The van der Waals surface area contributed by atoms with Crippen LogP contribution >= 0.6 is 11.5 Å². The van der Waals surface area contributed by atoms with Gasteiger partial charge >= 0.3 is 0 Å². The van der Waals surface area contributed by atoms with Crippen LogP contribution in [0.2, 0.25) is 0 Å². The van der Waals surface area contributed by atoms with Gasteiger partial charge in [0.15, 0.2) is 0 Å². The molecule has 0 unspecified atom stereocenters. The van der Waals surface area contributed by atoms with Crippen LogP contribution in [-0.2, 0) is 5.41 Å². The molecule has 2 nitrogen and oxygen atoms in total. The van der Waals surface area contributed by atoms with Gasteiger partial charge in [-0.2, -0.15) is 5.10 Å². The third-order valence-electron chi connectivity index (χ3n) is 0.931. The second kappa shape index (κ2) is 1.58. The number of H-pyrrole nitrogens is 1. The Labute approximate surface area is 53.1 Å². The highest BCUT2D eigenvalue weighted by Gasteiger charge is 2.17. The lowest BCUT2D eigenvalue weighted by Gasteiger charge is -2.16. The Morgan fingerprint density at radius 2 is 2.00 bits per heavy atom. The van der Waals surface area contributed by atoms with E-state index in [1.165, 1.54) is 5.01 Å². The molecule has 0 saturated heterocycles. The molecular formula is C5H10N2S. The molecule has 0 aromatic carbocycles. The Bertz CT molecular complexity index is 149. The lowest BCUT2D eigenvalue weighted by molar-refractivity contribution is 0.569. The molecule has 1 aromatic heterocycles. The highest BCUT2D eigenvalue weighted by molar-refractivity contribution is 7.06. The maximum Gasteiger partial charge on any atom is 0.137 e. The summed E-state index contributed by atoms with van der Waals surface area (Å²) in [5, 5.41) is 5.16. The van der Waals surface area contributed by atoms with Crippen molar-refractivity contribution >= 4 is 11.5 Å². The normalized spacial score (nSPS) is 12.4. The molecule has 1 N–H and O–H groups in total. The second-order valence-electron chi connectivity index (χ2n) is 2.86. The number of hydrogen-bond acceptors (Lipinski definition) is 2. The molecule has 0 saturated carbocycles. The van der Waals surface area contributed by atoms with Gasteiger partial charge in [-0.3, -0.25) is 0 Å². The maximum atomic E-state index is 3.97. The average molecular weight is 130 g/mol. The van der Waals surface area contributed by atoms with E-state index in [9.17, 15) is 0 Å². The smallest absolute Gasteiger partial charge is 0.137 e. The van der Waals surface area contributed by atoms with E-state index in [1.807, 2.05) is 0 Å². The molecule has 0 aliphatic rings. The fourth-order valence-electron chi connectivity index (χ4n) is 0.412. The average Bonchev–Trinajstić information content (AvgIpc) is 1.16. The fraction of sp³-hybridized carbons (Fsp3) is 0.800. The van der Waals surface area contributed by atoms with E-state index >= 15 is 0 Å². The van der Waals surface area contributed by atoms with Crippen molar-refractivity contribution in [1.82, 2.24) is 9.59 Å². The predicted octanol–water partition coefficient (Wildman–Crippen LogP) is 1.77. The third kappa shape index (κ3) is 0.916. The van der Waals surface area contributed by atoms with Crippen molar-refractivity contribution in [3.05, 3.63) is 5.01 Å². The molecule has 0 radical (unpaired) electrons. The van der Waals surface area contributed by atoms with Gasteiger partial charge in [0.1, 0.15) is 5.01 Å². The summed E-state index contributed by atoms with van der Waals surface area (Å²) in [7, 11) is 0. The van der Waals surface area contributed by atoms with Crippen LogP contribution in [0.1, 0.15) is 25.8 Å². The second-order valence-corrected chi connectivity index (χ2v) is 3.63. The van der Waals surface area contributed by atoms with Gasteiger partial charge in [0, 0.05) is 5.41 Å². The zero-order valence-corrected chi connectivity index (χ0v) is 6.17. The van der Waals surface area contributed by atoms with E-state index < -0.39 is 0 Å². The summed E-state index contributed by atoms with van der Waals surface area (Å²) < 4.78 is 2.77. The standard InChI is InChI=1S/C5H10N2S/c1-5(2,3)4-6-7-8-4/h7H,1-3H3. The Morgan fingerprint density at radius 3 is 2.00 bits per heavy atom. The molecule has 0 amide bonds. The van der Waals surface area contributed by atoms with E-state index in [0.717, 1.165) is 0 Å². The first-order chi connectivity index (χ1) is 3.61. The minimum atomic E-state index is 0.246. The van der Waals surface area contributed by atoms with Crippen molar-refractivity contribution in [2.75, 3.05) is 0 Å². The van der Waals surface area contributed by atoms with Gasteiger partial charge < -0.3 is 0 Å². The molecule has 1 rings (SSSR count). The maximum absolute atomic E-state index is 3.97. The number of aromatic amines is 1. The summed E-state index contributed by atoms with van der Waals surface area (Å²) >= 11 is 1.61. The third-order valence-corrected chi connectivity index (χ3v) is 2.01. The van der Waals surface area contributed by atoms with E-state index in [2.05, 4.69) is 30.4 Å². The SMILES string of the molecule is CC(C)(C)c1n[nH]s1. The number of nitrogens with one attached hydrogen (secondary N) is 1. The van der Waals surface area contributed by atoms with E-state index in [4.69, 9.17) is 0 Å². The highest BCUT2D eigenvalue weighted by atomic mass is 32.1. The zero-order chi connectivity index (χ0) is 6.20. The van der Waals surface area contributed by atoms with Gasteiger partial charge in [-0.15, -0.1) is 0 Å². The van der Waals surface area contributed by atoms with Crippen LogP contribution in [0.3, 0.4) is 0 Å². The zero-order valence-electron chi connectivity index (χ0n) is 5.36. The number of rotatable bonds is 0. The van der Waals surface area contributed by atoms with Gasteiger partial charge in [-0.25, -0.2) is 4.49 Å². The summed E-state index contributed by atoms with van der Waals surface area (Å²) in [6.45, 7) is 6.46. The van der Waals surface area contributed by atoms with Crippen LogP contribution in [0, 0.1) is 0 Å². The van der Waals surface area contributed by atoms with Gasteiger partial charge in [-0.05, 0) is 11.5 Å². The molecule has 46 valence electrons. The van der Waals surface area contributed by atoms with Crippen LogP contribution in [-0.4, -0.2) is 9.59 Å². The predicted molar refractivity (Wildman–Crippen MR) is 35.2 cm³/mol. The minimum absolute atomic E-state index is 0.246. The van der Waals surface area contributed by atoms with Gasteiger partial charge in [-0.1, -0.05) is 20.8 Å². The Kier molecular flexibility index (Phi) is 1.15. The number of aromatic nitrogens is 2. The Balaban J connectivity index is 2.71. The van der Waals surface area contributed by atoms with Crippen LogP contribution < -0.4 is 0 Å². The van der Waals surface area contributed by atoms with Crippen LogP contribution in [0.25, 0.3) is 0 Å². The van der Waals surface area contributed by atoms with Crippen molar-refractivity contribution in [2.45, 2.75) is 26.2 Å². The van der Waals surface area contributed by atoms with Gasteiger partial charge in [0.2, 0.25) is 0 Å². The first kappa shape index (κ1) is 5.82. The summed E-state index contributed by atoms with van der Waals surface area (Å²) in [5.41, 5.74) is 0.246. The molecule has 0 aliphatic carbocycles. The summed E-state index contributed by atoms with van der Waals surface area (Å²) in [6, 6.07) is 0. The molecule has 0 fully saturated rings. The van der Waals surface area contributed by atoms with Crippen molar-refractivity contribution < 1.29 is 0 Å². The Hall–Kier alpha value is -0.310. The van der Waals surface area contributed by atoms with Crippen molar-refractivity contribution in [1.29, 1.82) is 0 Å². The molecule has 3 heteroatoms.